The average molecular weight is 395 g/mol. The number of hydrogen-bond acceptors (Lipinski definition) is 7. The topological polar surface area (TPSA) is 104 Å². The van der Waals surface area contributed by atoms with Gasteiger partial charge in [-0.2, -0.15) is 0 Å². The molecule has 27 heavy (non-hydrogen) atoms. The molecule has 1 aromatic rings. The van der Waals surface area contributed by atoms with E-state index in [-0.39, 0.29) is 29.4 Å². The molecule has 2 fully saturated rings. The van der Waals surface area contributed by atoms with Crippen LogP contribution in [0.2, 0.25) is 0 Å². The Morgan fingerprint density at radius 3 is 2.30 bits per heavy atom. The van der Waals surface area contributed by atoms with Gasteiger partial charge in [-0.3, -0.25) is 9.59 Å². The van der Waals surface area contributed by atoms with Crippen molar-refractivity contribution in [2.45, 2.75) is 26.3 Å². The van der Waals surface area contributed by atoms with E-state index in [9.17, 15) is 18.0 Å². The standard InChI is InChI=1S/C17H25N5O4S/c1-3-22(15-4-9-27(25,26)12-15)16(24)14-10-18-17(19-11-14)21-7-5-20(6-8-21)13(2)23/h10-11,15H,3-9,12H2,1-2H3. The Morgan fingerprint density at radius 2 is 1.81 bits per heavy atom. The van der Waals surface area contributed by atoms with Crippen LogP contribution in [0.15, 0.2) is 12.4 Å². The van der Waals surface area contributed by atoms with E-state index >= 15 is 0 Å². The number of nitrogens with zero attached hydrogens (tertiary/aromatic N) is 5. The lowest BCUT2D eigenvalue weighted by atomic mass is 10.2. The largest absolute Gasteiger partial charge is 0.339 e. The van der Waals surface area contributed by atoms with Crippen molar-refractivity contribution < 1.29 is 18.0 Å². The summed E-state index contributed by atoms with van der Waals surface area (Å²) in [5.41, 5.74) is 0.354. The van der Waals surface area contributed by atoms with Gasteiger partial charge in [-0.1, -0.05) is 0 Å². The van der Waals surface area contributed by atoms with E-state index < -0.39 is 9.84 Å². The Labute approximate surface area is 159 Å². The van der Waals surface area contributed by atoms with E-state index in [0.717, 1.165) is 0 Å². The summed E-state index contributed by atoms with van der Waals surface area (Å²) in [6.45, 7) is 6.38. The van der Waals surface area contributed by atoms with Crippen LogP contribution in [-0.2, 0) is 14.6 Å². The zero-order valence-electron chi connectivity index (χ0n) is 15.7. The first-order valence-electron chi connectivity index (χ1n) is 9.14. The van der Waals surface area contributed by atoms with E-state index in [4.69, 9.17) is 0 Å². The number of carbonyl (C=O) groups excluding carboxylic acids is 2. The van der Waals surface area contributed by atoms with Crippen LogP contribution in [0.3, 0.4) is 0 Å². The summed E-state index contributed by atoms with van der Waals surface area (Å²) in [7, 11) is -3.06. The van der Waals surface area contributed by atoms with Gasteiger partial charge < -0.3 is 14.7 Å². The maximum atomic E-state index is 12.8. The molecule has 2 amide bonds. The Hall–Kier alpha value is -2.23. The van der Waals surface area contributed by atoms with Crippen LogP contribution in [0.25, 0.3) is 0 Å². The van der Waals surface area contributed by atoms with Crippen LogP contribution in [0.1, 0.15) is 30.6 Å². The molecule has 0 aromatic carbocycles. The van der Waals surface area contributed by atoms with Gasteiger partial charge in [-0.05, 0) is 13.3 Å². The molecule has 1 atom stereocenters. The minimum Gasteiger partial charge on any atom is -0.339 e. The van der Waals surface area contributed by atoms with Crippen LogP contribution in [0.5, 0.6) is 0 Å². The van der Waals surface area contributed by atoms with Crippen molar-refractivity contribution in [1.82, 2.24) is 19.8 Å². The molecule has 0 aliphatic carbocycles. The molecule has 3 heterocycles. The minimum absolute atomic E-state index is 0.0198. The highest BCUT2D eigenvalue weighted by atomic mass is 32.2. The maximum Gasteiger partial charge on any atom is 0.257 e. The van der Waals surface area contributed by atoms with Crippen molar-refractivity contribution in [2.24, 2.45) is 0 Å². The van der Waals surface area contributed by atoms with E-state index in [1.807, 2.05) is 11.8 Å². The highest BCUT2D eigenvalue weighted by Crippen LogP contribution is 2.20. The number of sulfone groups is 1. The molecule has 0 saturated carbocycles. The number of piperazine rings is 1. The zero-order chi connectivity index (χ0) is 19.6. The highest BCUT2D eigenvalue weighted by Gasteiger charge is 2.34. The number of hydrogen-bond donors (Lipinski definition) is 0. The predicted molar refractivity (Wildman–Crippen MR) is 100 cm³/mol. The summed E-state index contributed by atoms with van der Waals surface area (Å²) >= 11 is 0. The summed E-state index contributed by atoms with van der Waals surface area (Å²) < 4.78 is 23.4. The molecule has 148 valence electrons. The molecule has 10 heteroatoms. The zero-order valence-corrected chi connectivity index (χ0v) is 16.5. The van der Waals surface area contributed by atoms with Crippen molar-refractivity contribution in [3.05, 3.63) is 18.0 Å². The average Bonchev–Trinajstić information content (AvgIpc) is 3.02. The lowest BCUT2D eigenvalue weighted by molar-refractivity contribution is -0.129. The molecule has 0 spiro atoms. The van der Waals surface area contributed by atoms with Crippen molar-refractivity contribution in [3.8, 4) is 0 Å². The van der Waals surface area contributed by atoms with Crippen LogP contribution in [0, 0.1) is 0 Å². The SMILES string of the molecule is CCN(C(=O)c1cnc(N2CCN(C(C)=O)CC2)nc1)C1CCS(=O)(=O)C1. The second-order valence-corrected chi connectivity index (χ2v) is 9.14. The smallest absolute Gasteiger partial charge is 0.257 e. The summed E-state index contributed by atoms with van der Waals surface area (Å²) in [6, 6.07) is -0.285. The van der Waals surface area contributed by atoms with Gasteiger partial charge in [0.25, 0.3) is 5.91 Å². The summed E-state index contributed by atoms with van der Waals surface area (Å²) in [5, 5.41) is 0. The fourth-order valence-corrected chi connectivity index (χ4v) is 5.30. The van der Waals surface area contributed by atoms with Gasteiger partial charge in [0.15, 0.2) is 9.84 Å². The minimum atomic E-state index is -3.06. The van der Waals surface area contributed by atoms with Gasteiger partial charge in [0.1, 0.15) is 0 Å². The van der Waals surface area contributed by atoms with Gasteiger partial charge in [-0.15, -0.1) is 0 Å². The van der Waals surface area contributed by atoms with E-state index in [1.165, 1.54) is 12.4 Å². The monoisotopic (exact) mass is 395 g/mol. The van der Waals surface area contributed by atoms with E-state index in [1.54, 1.807) is 16.7 Å². The molecule has 1 aromatic heterocycles. The van der Waals surface area contributed by atoms with Crippen molar-refractivity contribution >= 4 is 27.6 Å². The van der Waals surface area contributed by atoms with Gasteiger partial charge in [0.05, 0.1) is 17.1 Å². The molecule has 0 radical (unpaired) electrons. The first-order chi connectivity index (χ1) is 12.8. The Morgan fingerprint density at radius 1 is 1.19 bits per heavy atom. The van der Waals surface area contributed by atoms with Gasteiger partial charge in [-0.25, -0.2) is 18.4 Å². The third kappa shape index (κ3) is 4.37. The number of rotatable bonds is 4. The number of anilines is 1. The van der Waals surface area contributed by atoms with Crippen LogP contribution >= 0.6 is 0 Å². The fourth-order valence-electron chi connectivity index (χ4n) is 3.57. The second kappa shape index (κ2) is 7.79. The highest BCUT2D eigenvalue weighted by molar-refractivity contribution is 7.91. The molecule has 2 aliphatic heterocycles. The first-order valence-corrected chi connectivity index (χ1v) is 11.0. The third-order valence-electron chi connectivity index (χ3n) is 5.14. The molecule has 0 bridgehead atoms. The van der Waals surface area contributed by atoms with Crippen LogP contribution < -0.4 is 4.90 Å². The molecule has 2 aliphatic rings. The van der Waals surface area contributed by atoms with Gasteiger partial charge in [0.2, 0.25) is 11.9 Å². The molecule has 9 nitrogen and oxygen atoms in total. The number of amides is 2. The van der Waals surface area contributed by atoms with Gasteiger partial charge in [0, 0.05) is 58.1 Å². The molecular weight excluding hydrogens is 370 g/mol. The summed E-state index contributed by atoms with van der Waals surface area (Å²) in [4.78, 5) is 38.1. The lowest BCUT2D eigenvalue weighted by Gasteiger charge is -2.34. The van der Waals surface area contributed by atoms with Gasteiger partial charge >= 0.3 is 0 Å². The van der Waals surface area contributed by atoms with Crippen LogP contribution in [-0.4, -0.2) is 90.3 Å². The Balaban J connectivity index is 1.66. The molecule has 2 saturated heterocycles. The second-order valence-electron chi connectivity index (χ2n) is 6.91. The van der Waals surface area contributed by atoms with E-state index in [2.05, 4.69) is 9.97 Å². The maximum absolute atomic E-state index is 12.8. The van der Waals surface area contributed by atoms with E-state index in [0.29, 0.717) is 50.7 Å². The molecule has 0 N–H and O–H groups in total. The molecular formula is C17H25N5O4S. The lowest BCUT2D eigenvalue weighted by Crippen LogP contribution is -2.48. The normalized spacial score (nSPS) is 21.9. The Kier molecular flexibility index (Phi) is 5.64. The summed E-state index contributed by atoms with van der Waals surface area (Å²) in [5.74, 6) is 0.494. The molecule has 3 rings (SSSR count). The fraction of sp³-hybridized carbons (Fsp3) is 0.647. The van der Waals surface area contributed by atoms with Crippen molar-refractivity contribution in [1.29, 1.82) is 0 Å². The van der Waals surface area contributed by atoms with Crippen molar-refractivity contribution in [2.75, 3.05) is 49.1 Å². The van der Waals surface area contributed by atoms with Crippen LogP contribution in [0.4, 0.5) is 5.95 Å². The first kappa shape index (κ1) is 19.5. The van der Waals surface area contributed by atoms with Crippen molar-refractivity contribution in [3.63, 3.8) is 0 Å². The predicted octanol–water partition coefficient (Wildman–Crippen LogP) is -0.206. The quantitative estimate of drug-likeness (QED) is 0.695. The Bertz CT molecular complexity index is 803. The number of aromatic nitrogens is 2. The summed E-state index contributed by atoms with van der Waals surface area (Å²) in [6.07, 6.45) is 3.46. The third-order valence-corrected chi connectivity index (χ3v) is 6.89. The number of carbonyl (C=O) groups is 2. The molecule has 1 unspecified atom stereocenters.